The van der Waals surface area contributed by atoms with Crippen LogP contribution in [-0.2, 0) is 9.53 Å². The van der Waals surface area contributed by atoms with E-state index in [2.05, 4.69) is 38.1 Å². The molecular formula is C21H23IN4O3. The number of nitrogens with zero attached hydrogens (tertiary/aromatic N) is 3. The van der Waals surface area contributed by atoms with E-state index in [1.165, 1.54) is 20.0 Å². The van der Waals surface area contributed by atoms with Crippen LogP contribution in [0.4, 0.5) is 22.9 Å². The van der Waals surface area contributed by atoms with Crippen molar-refractivity contribution in [2.24, 2.45) is 0 Å². The van der Waals surface area contributed by atoms with Gasteiger partial charge in [0.05, 0.1) is 53.1 Å². The number of ether oxygens (including phenoxy) is 1. The summed E-state index contributed by atoms with van der Waals surface area (Å²) in [5.41, 5.74) is 3.05. The van der Waals surface area contributed by atoms with E-state index < -0.39 is 0 Å². The normalized spacial score (nSPS) is 19.3. The first-order chi connectivity index (χ1) is 14.0. The summed E-state index contributed by atoms with van der Waals surface area (Å²) in [5, 5.41) is 3.27. The lowest BCUT2D eigenvalue weighted by Crippen LogP contribution is -2.52. The SMILES string of the molecule is COC(=O)c1cccc(Nc2cc3c(cn2)N(I)C(=O)C(C)N3C2CCCC2)c1. The lowest BCUT2D eigenvalue weighted by molar-refractivity contribution is -0.118. The van der Waals surface area contributed by atoms with Crippen LogP contribution in [0.3, 0.4) is 0 Å². The number of carbonyl (C=O) groups excluding carboxylic acids is 2. The third-order valence-corrected chi connectivity index (χ3v) is 6.59. The molecule has 8 heteroatoms. The van der Waals surface area contributed by atoms with E-state index in [1.807, 2.05) is 19.1 Å². The first kappa shape index (κ1) is 19.9. The maximum atomic E-state index is 12.8. The number of esters is 1. The van der Waals surface area contributed by atoms with Crippen LogP contribution >= 0.6 is 22.9 Å². The molecule has 1 fully saturated rings. The fraction of sp³-hybridized carbons (Fsp3) is 0.381. The van der Waals surface area contributed by atoms with Crippen molar-refractivity contribution in [3.63, 3.8) is 0 Å². The van der Waals surface area contributed by atoms with Crippen molar-refractivity contribution in [3.05, 3.63) is 42.1 Å². The van der Waals surface area contributed by atoms with E-state index in [4.69, 9.17) is 4.74 Å². The number of hydrogen-bond acceptors (Lipinski definition) is 6. The highest BCUT2D eigenvalue weighted by Crippen LogP contribution is 2.42. The Hall–Kier alpha value is -2.36. The summed E-state index contributed by atoms with van der Waals surface area (Å²) in [6.45, 7) is 1.97. The number of fused-ring (bicyclic) bond motifs is 1. The number of benzene rings is 1. The average molecular weight is 506 g/mol. The van der Waals surface area contributed by atoms with Gasteiger partial charge >= 0.3 is 5.97 Å². The summed E-state index contributed by atoms with van der Waals surface area (Å²) >= 11 is 2.06. The van der Waals surface area contributed by atoms with Crippen LogP contribution in [0.15, 0.2) is 36.5 Å². The van der Waals surface area contributed by atoms with Gasteiger partial charge in [-0.25, -0.2) is 12.9 Å². The number of anilines is 4. The average Bonchev–Trinajstić information content (AvgIpc) is 3.26. The van der Waals surface area contributed by atoms with Gasteiger partial charge in [0, 0.05) is 17.8 Å². The Kier molecular flexibility index (Phi) is 5.62. The zero-order chi connectivity index (χ0) is 20.5. The number of amides is 1. The van der Waals surface area contributed by atoms with Crippen LogP contribution in [0.25, 0.3) is 0 Å². The van der Waals surface area contributed by atoms with Crippen molar-refractivity contribution in [1.82, 2.24) is 4.98 Å². The molecule has 2 aromatic rings. The van der Waals surface area contributed by atoms with Crippen molar-refractivity contribution in [1.29, 1.82) is 0 Å². The molecule has 0 bridgehead atoms. The number of pyridine rings is 1. The van der Waals surface area contributed by atoms with E-state index in [-0.39, 0.29) is 17.9 Å². The second-order valence-corrected chi connectivity index (χ2v) is 8.36. The van der Waals surface area contributed by atoms with Crippen molar-refractivity contribution in [3.8, 4) is 0 Å². The van der Waals surface area contributed by atoms with Crippen molar-refractivity contribution >= 4 is 57.6 Å². The highest BCUT2D eigenvalue weighted by atomic mass is 127. The van der Waals surface area contributed by atoms with Crippen LogP contribution < -0.4 is 13.3 Å². The lowest BCUT2D eigenvalue weighted by Gasteiger charge is -2.42. The van der Waals surface area contributed by atoms with E-state index >= 15 is 0 Å². The molecule has 1 aromatic heterocycles. The molecule has 0 saturated heterocycles. The largest absolute Gasteiger partial charge is 0.465 e. The van der Waals surface area contributed by atoms with Gasteiger partial charge < -0.3 is 15.0 Å². The van der Waals surface area contributed by atoms with Gasteiger partial charge in [-0.2, -0.15) is 0 Å². The number of carbonyl (C=O) groups is 2. The number of methoxy groups -OCH3 is 1. The van der Waals surface area contributed by atoms with Crippen LogP contribution in [0.2, 0.25) is 0 Å². The molecule has 1 aliphatic carbocycles. The van der Waals surface area contributed by atoms with Gasteiger partial charge in [0.15, 0.2) is 0 Å². The Morgan fingerprint density at radius 2 is 2.00 bits per heavy atom. The van der Waals surface area contributed by atoms with Gasteiger partial charge in [0.25, 0.3) is 5.91 Å². The van der Waals surface area contributed by atoms with Gasteiger partial charge in [-0.05, 0) is 38.0 Å². The molecule has 1 N–H and O–H groups in total. The first-order valence-corrected chi connectivity index (χ1v) is 10.7. The number of halogens is 1. The maximum absolute atomic E-state index is 12.8. The van der Waals surface area contributed by atoms with Crippen molar-refractivity contribution in [2.75, 3.05) is 20.4 Å². The highest BCUT2D eigenvalue weighted by molar-refractivity contribution is 14.1. The predicted molar refractivity (Wildman–Crippen MR) is 121 cm³/mol. The van der Waals surface area contributed by atoms with Crippen LogP contribution in [0.1, 0.15) is 43.0 Å². The molecule has 29 heavy (non-hydrogen) atoms. The minimum absolute atomic E-state index is 0.0817. The Morgan fingerprint density at radius 3 is 2.72 bits per heavy atom. The van der Waals surface area contributed by atoms with Crippen molar-refractivity contribution in [2.45, 2.75) is 44.7 Å². The first-order valence-electron chi connectivity index (χ1n) is 9.73. The van der Waals surface area contributed by atoms with E-state index in [9.17, 15) is 9.59 Å². The third-order valence-electron chi connectivity index (χ3n) is 5.59. The molecule has 2 heterocycles. The number of aromatic nitrogens is 1. The molecule has 1 amide bonds. The minimum atomic E-state index is -0.382. The Labute approximate surface area is 183 Å². The Balaban J connectivity index is 1.68. The summed E-state index contributed by atoms with van der Waals surface area (Å²) in [6, 6.07) is 9.27. The number of rotatable bonds is 4. The minimum Gasteiger partial charge on any atom is -0.465 e. The van der Waals surface area contributed by atoms with Gasteiger partial charge in [-0.3, -0.25) is 4.79 Å². The van der Waals surface area contributed by atoms with E-state index in [0.717, 1.165) is 29.9 Å². The molecule has 4 rings (SSSR count). The highest BCUT2D eigenvalue weighted by Gasteiger charge is 2.39. The number of nitrogens with one attached hydrogen (secondary N) is 1. The third kappa shape index (κ3) is 3.77. The van der Waals surface area contributed by atoms with Gasteiger partial charge in [-0.15, -0.1) is 0 Å². The standard InChI is InChI=1S/C21H23IN4O3/c1-13-20(27)26(22)18-12-23-19(11-17(18)25(13)16-8-3-4-9-16)24-15-7-5-6-14(10-15)21(28)29-2/h5-7,10-13,16H,3-4,8-9H2,1-2H3,(H,23,24). The molecule has 1 atom stereocenters. The smallest absolute Gasteiger partial charge is 0.337 e. The van der Waals surface area contributed by atoms with Crippen LogP contribution in [0, 0.1) is 0 Å². The van der Waals surface area contributed by atoms with E-state index in [0.29, 0.717) is 17.4 Å². The van der Waals surface area contributed by atoms with Crippen LogP contribution in [-0.4, -0.2) is 36.1 Å². The summed E-state index contributed by atoms with van der Waals surface area (Å²) in [4.78, 5) is 31.3. The predicted octanol–water partition coefficient (Wildman–Crippen LogP) is 4.45. The summed E-state index contributed by atoms with van der Waals surface area (Å²) in [6.07, 6.45) is 6.33. The quantitative estimate of drug-likeness (QED) is 0.376. The fourth-order valence-corrected chi connectivity index (χ4v) is 4.93. The van der Waals surface area contributed by atoms with Crippen molar-refractivity contribution < 1.29 is 14.3 Å². The number of hydrogen-bond donors (Lipinski definition) is 1. The second kappa shape index (κ2) is 8.17. The molecule has 1 saturated carbocycles. The van der Waals surface area contributed by atoms with Crippen LogP contribution in [0.5, 0.6) is 0 Å². The lowest BCUT2D eigenvalue weighted by atomic mass is 10.1. The van der Waals surface area contributed by atoms with Gasteiger partial charge in [0.2, 0.25) is 0 Å². The molecule has 1 unspecified atom stereocenters. The summed E-state index contributed by atoms with van der Waals surface area (Å²) < 4.78 is 6.46. The molecule has 1 aromatic carbocycles. The summed E-state index contributed by atoms with van der Waals surface area (Å²) in [5.74, 6) is 0.366. The molecule has 0 radical (unpaired) electrons. The maximum Gasteiger partial charge on any atom is 0.337 e. The molecular weight excluding hydrogens is 483 g/mol. The monoisotopic (exact) mass is 506 g/mol. The molecule has 152 valence electrons. The topological polar surface area (TPSA) is 74.8 Å². The van der Waals surface area contributed by atoms with Gasteiger partial charge in [0.1, 0.15) is 11.9 Å². The Morgan fingerprint density at radius 1 is 1.24 bits per heavy atom. The molecule has 0 spiro atoms. The zero-order valence-electron chi connectivity index (χ0n) is 16.4. The molecule has 7 nitrogen and oxygen atoms in total. The second-order valence-electron chi connectivity index (χ2n) is 7.40. The Bertz CT molecular complexity index is 945. The van der Waals surface area contributed by atoms with E-state index in [1.54, 1.807) is 27.5 Å². The fourth-order valence-electron chi connectivity index (χ4n) is 4.16. The van der Waals surface area contributed by atoms with Gasteiger partial charge in [-0.1, -0.05) is 18.9 Å². The molecule has 2 aliphatic rings. The molecule has 1 aliphatic heterocycles. The zero-order valence-corrected chi connectivity index (χ0v) is 18.5. The summed E-state index contributed by atoms with van der Waals surface area (Å²) in [7, 11) is 1.36.